The molecule has 17 heavy (non-hydrogen) atoms. The Balaban J connectivity index is 2.20. The lowest BCUT2D eigenvalue weighted by Crippen LogP contribution is -2.02. The van der Waals surface area contributed by atoms with Crippen LogP contribution in [0.4, 0.5) is 0 Å². The number of H-pyrrole nitrogens is 1. The van der Waals surface area contributed by atoms with Gasteiger partial charge in [-0.25, -0.2) is 9.97 Å². The highest BCUT2D eigenvalue weighted by atomic mass is 16.6. The van der Waals surface area contributed by atoms with Crippen LogP contribution in [0, 0.1) is 6.92 Å². The molecule has 2 aromatic rings. The molecule has 0 bridgehead atoms. The van der Waals surface area contributed by atoms with Gasteiger partial charge in [-0.3, -0.25) is 5.10 Å². The molecule has 0 saturated carbocycles. The number of nitrogens with one attached hydrogen (secondary N) is 1. The highest BCUT2D eigenvalue weighted by molar-refractivity contribution is 5.56. The zero-order chi connectivity index (χ0) is 12.3. The van der Waals surface area contributed by atoms with Gasteiger partial charge in [0.05, 0.1) is 5.69 Å². The number of nitrogens with zero attached hydrogens (tertiary/aromatic N) is 3. The summed E-state index contributed by atoms with van der Waals surface area (Å²) < 4.78 is 5.04. The molecule has 0 aliphatic carbocycles. The minimum absolute atomic E-state index is 0.428. The van der Waals surface area contributed by atoms with Gasteiger partial charge in [0.15, 0.2) is 6.29 Å². The van der Waals surface area contributed by atoms with E-state index in [0.29, 0.717) is 18.1 Å². The van der Waals surface area contributed by atoms with Crippen molar-refractivity contribution in [1.29, 1.82) is 0 Å². The summed E-state index contributed by atoms with van der Waals surface area (Å²) in [4.78, 5) is 8.19. The van der Waals surface area contributed by atoms with Gasteiger partial charge in [-0.15, -0.1) is 0 Å². The van der Waals surface area contributed by atoms with Gasteiger partial charge in [-0.05, 0) is 19.9 Å². The molecule has 2 rings (SSSR count). The summed E-state index contributed by atoms with van der Waals surface area (Å²) in [6.45, 7) is 4.06. The molecule has 0 aromatic carbocycles. The molecule has 0 aliphatic rings. The van der Waals surface area contributed by atoms with Crippen LogP contribution in [0.25, 0.3) is 11.3 Å². The molecule has 0 spiro atoms. The standard InChI is InChI=1S/C11H14N4O2/c1-3-17-11(16)10-4-9(14-15-10)8-5-12-7(2)13-6-8/h4-6,11,16H,3H2,1-2H3,(H,14,15). The average Bonchev–Trinajstić information content (AvgIpc) is 2.80. The van der Waals surface area contributed by atoms with Crippen LogP contribution in [-0.2, 0) is 4.74 Å². The van der Waals surface area contributed by atoms with Crippen molar-refractivity contribution in [2.45, 2.75) is 20.1 Å². The summed E-state index contributed by atoms with van der Waals surface area (Å²) in [7, 11) is 0. The van der Waals surface area contributed by atoms with Crippen LogP contribution in [0.2, 0.25) is 0 Å². The number of aromatic nitrogens is 4. The lowest BCUT2D eigenvalue weighted by Gasteiger charge is -2.05. The molecule has 2 heterocycles. The Bertz CT molecular complexity index is 480. The van der Waals surface area contributed by atoms with E-state index in [-0.39, 0.29) is 0 Å². The van der Waals surface area contributed by atoms with Crippen LogP contribution < -0.4 is 0 Å². The summed E-state index contributed by atoms with van der Waals surface area (Å²) in [6.07, 6.45) is 2.40. The summed E-state index contributed by atoms with van der Waals surface area (Å²) in [5.41, 5.74) is 2.01. The van der Waals surface area contributed by atoms with Crippen LogP contribution >= 0.6 is 0 Å². The minimum atomic E-state index is -1.00. The molecule has 90 valence electrons. The second-order valence-electron chi connectivity index (χ2n) is 3.53. The number of hydrogen-bond donors (Lipinski definition) is 2. The van der Waals surface area contributed by atoms with Crippen molar-refractivity contribution in [1.82, 2.24) is 20.2 Å². The van der Waals surface area contributed by atoms with E-state index in [1.807, 2.05) is 13.8 Å². The number of hydrogen-bond acceptors (Lipinski definition) is 5. The molecule has 6 heteroatoms. The summed E-state index contributed by atoms with van der Waals surface area (Å²) in [5.74, 6) is 0.711. The molecule has 1 unspecified atom stereocenters. The molecule has 0 fully saturated rings. The van der Waals surface area contributed by atoms with Crippen molar-refractivity contribution in [3.05, 3.63) is 30.0 Å². The van der Waals surface area contributed by atoms with Crippen LogP contribution in [-0.4, -0.2) is 31.9 Å². The number of aromatic amines is 1. The smallest absolute Gasteiger partial charge is 0.200 e. The molecule has 0 saturated heterocycles. The number of rotatable bonds is 4. The zero-order valence-electron chi connectivity index (χ0n) is 9.71. The summed E-state index contributed by atoms with van der Waals surface area (Å²) in [6, 6.07) is 1.72. The number of aliphatic hydroxyl groups is 1. The van der Waals surface area contributed by atoms with Crippen LogP contribution in [0.3, 0.4) is 0 Å². The first-order valence-electron chi connectivity index (χ1n) is 5.34. The first kappa shape index (κ1) is 11.7. The fourth-order valence-corrected chi connectivity index (χ4v) is 1.39. The Hall–Kier alpha value is -1.79. The largest absolute Gasteiger partial charge is 0.363 e. The molecule has 0 aliphatic heterocycles. The fraction of sp³-hybridized carbons (Fsp3) is 0.364. The summed E-state index contributed by atoms with van der Waals surface area (Å²) in [5, 5.41) is 16.4. The summed E-state index contributed by atoms with van der Waals surface area (Å²) >= 11 is 0. The average molecular weight is 234 g/mol. The molecule has 1 atom stereocenters. The van der Waals surface area contributed by atoms with Gasteiger partial charge in [0.1, 0.15) is 11.5 Å². The molecular weight excluding hydrogens is 220 g/mol. The van der Waals surface area contributed by atoms with E-state index in [4.69, 9.17) is 4.74 Å². The minimum Gasteiger partial charge on any atom is -0.363 e. The Morgan fingerprint density at radius 2 is 2.12 bits per heavy atom. The number of aliphatic hydroxyl groups excluding tert-OH is 1. The van der Waals surface area contributed by atoms with Crippen molar-refractivity contribution < 1.29 is 9.84 Å². The van der Waals surface area contributed by atoms with Gasteiger partial charge < -0.3 is 9.84 Å². The van der Waals surface area contributed by atoms with Gasteiger partial charge in [0.2, 0.25) is 0 Å². The van der Waals surface area contributed by atoms with E-state index >= 15 is 0 Å². The van der Waals surface area contributed by atoms with Gasteiger partial charge in [-0.1, -0.05) is 0 Å². The highest BCUT2D eigenvalue weighted by Crippen LogP contribution is 2.19. The first-order chi connectivity index (χ1) is 8.20. The normalized spacial score (nSPS) is 12.6. The third-order valence-electron chi connectivity index (χ3n) is 2.27. The van der Waals surface area contributed by atoms with Crippen LogP contribution in [0.1, 0.15) is 24.7 Å². The second kappa shape index (κ2) is 5.03. The molecular formula is C11H14N4O2. The van der Waals surface area contributed by atoms with Gasteiger partial charge in [0, 0.05) is 24.6 Å². The Morgan fingerprint density at radius 1 is 1.41 bits per heavy atom. The molecule has 6 nitrogen and oxygen atoms in total. The highest BCUT2D eigenvalue weighted by Gasteiger charge is 2.12. The van der Waals surface area contributed by atoms with Crippen molar-refractivity contribution in [3.8, 4) is 11.3 Å². The van der Waals surface area contributed by atoms with Crippen LogP contribution in [0.15, 0.2) is 18.5 Å². The maximum absolute atomic E-state index is 9.59. The van der Waals surface area contributed by atoms with E-state index in [2.05, 4.69) is 20.2 Å². The first-order valence-corrected chi connectivity index (χ1v) is 5.34. The maximum Gasteiger partial charge on any atom is 0.200 e. The van der Waals surface area contributed by atoms with E-state index in [9.17, 15) is 5.11 Å². The Kier molecular flexibility index (Phi) is 3.46. The maximum atomic E-state index is 9.59. The lowest BCUT2D eigenvalue weighted by molar-refractivity contribution is -0.101. The zero-order valence-corrected chi connectivity index (χ0v) is 9.71. The molecule has 0 amide bonds. The predicted molar refractivity (Wildman–Crippen MR) is 60.9 cm³/mol. The van der Waals surface area contributed by atoms with Crippen molar-refractivity contribution in [2.75, 3.05) is 6.61 Å². The number of aryl methyl sites for hydroxylation is 1. The Morgan fingerprint density at radius 3 is 2.76 bits per heavy atom. The van der Waals surface area contributed by atoms with E-state index in [0.717, 1.165) is 11.3 Å². The van der Waals surface area contributed by atoms with Gasteiger partial charge >= 0.3 is 0 Å². The SMILES string of the molecule is CCOC(O)c1cc(-c2cnc(C)nc2)[nH]n1. The Labute approximate surface area is 98.7 Å². The molecule has 0 radical (unpaired) electrons. The van der Waals surface area contributed by atoms with E-state index in [1.54, 1.807) is 18.5 Å². The monoisotopic (exact) mass is 234 g/mol. The second-order valence-corrected chi connectivity index (χ2v) is 3.53. The van der Waals surface area contributed by atoms with Gasteiger partial charge in [0.25, 0.3) is 0 Å². The third kappa shape index (κ3) is 2.66. The van der Waals surface area contributed by atoms with Crippen molar-refractivity contribution in [2.24, 2.45) is 0 Å². The molecule has 2 aromatic heterocycles. The fourth-order valence-electron chi connectivity index (χ4n) is 1.39. The quantitative estimate of drug-likeness (QED) is 0.776. The molecule has 2 N–H and O–H groups in total. The predicted octanol–water partition coefficient (Wildman–Crippen LogP) is 1.20. The third-order valence-corrected chi connectivity index (χ3v) is 2.27. The van der Waals surface area contributed by atoms with Crippen molar-refractivity contribution >= 4 is 0 Å². The topological polar surface area (TPSA) is 83.9 Å². The lowest BCUT2D eigenvalue weighted by atomic mass is 10.2. The van der Waals surface area contributed by atoms with Crippen LogP contribution in [0.5, 0.6) is 0 Å². The van der Waals surface area contributed by atoms with Crippen molar-refractivity contribution in [3.63, 3.8) is 0 Å². The number of ether oxygens (including phenoxy) is 1. The van der Waals surface area contributed by atoms with E-state index < -0.39 is 6.29 Å². The van der Waals surface area contributed by atoms with Gasteiger partial charge in [-0.2, -0.15) is 5.10 Å². The van der Waals surface area contributed by atoms with E-state index in [1.165, 1.54) is 0 Å².